The molecule has 174 valence electrons. The first-order chi connectivity index (χ1) is 15.6. The summed E-state index contributed by atoms with van der Waals surface area (Å²) in [4.78, 5) is 11.9. The van der Waals surface area contributed by atoms with Gasteiger partial charge >= 0.3 is 5.97 Å². The molecule has 1 aliphatic heterocycles. The van der Waals surface area contributed by atoms with Gasteiger partial charge in [-0.05, 0) is 38.1 Å². The first-order valence-corrected chi connectivity index (χ1v) is 10.7. The minimum atomic E-state index is -0.951. The second kappa shape index (κ2) is 12.2. The highest BCUT2D eigenvalue weighted by molar-refractivity contribution is 5.70. The van der Waals surface area contributed by atoms with Crippen molar-refractivity contribution in [3.05, 3.63) is 48.5 Å². The molecular weight excluding hydrogens is 416 g/mol. The lowest BCUT2D eigenvalue weighted by molar-refractivity contribution is -0.159. The van der Waals surface area contributed by atoms with E-state index in [0.717, 1.165) is 0 Å². The first kappa shape index (κ1) is 23.7. The zero-order valence-electron chi connectivity index (χ0n) is 18.5. The summed E-state index contributed by atoms with van der Waals surface area (Å²) in [6, 6.07) is 14.7. The molecule has 0 bridgehead atoms. The van der Waals surface area contributed by atoms with Crippen LogP contribution in [0.5, 0.6) is 23.0 Å². The second-order valence-corrected chi connectivity index (χ2v) is 7.32. The molecule has 1 heterocycles. The van der Waals surface area contributed by atoms with Crippen molar-refractivity contribution in [3.8, 4) is 23.0 Å². The number of esters is 1. The predicted molar refractivity (Wildman–Crippen MR) is 117 cm³/mol. The van der Waals surface area contributed by atoms with Crippen molar-refractivity contribution >= 4 is 5.97 Å². The Hall–Kier alpha value is -2.97. The van der Waals surface area contributed by atoms with Gasteiger partial charge in [-0.1, -0.05) is 24.3 Å². The maximum Gasteiger partial charge on any atom is 0.332 e. The first-order valence-electron chi connectivity index (χ1n) is 10.7. The van der Waals surface area contributed by atoms with Crippen molar-refractivity contribution in [3.63, 3.8) is 0 Å². The van der Waals surface area contributed by atoms with Gasteiger partial charge in [0.05, 0.1) is 19.8 Å². The summed E-state index contributed by atoms with van der Waals surface area (Å²) in [5, 5.41) is 0. The molecule has 2 aromatic rings. The molecule has 0 radical (unpaired) electrons. The molecule has 0 unspecified atom stereocenters. The van der Waals surface area contributed by atoms with Gasteiger partial charge in [0.25, 0.3) is 0 Å². The number of rotatable bonds is 4. The summed E-state index contributed by atoms with van der Waals surface area (Å²) in [5.74, 6) is 1.87. The summed E-state index contributed by atoms with van der Waals surface area (Å²) < 4.78 is 40.1. The minimum absolute atomic E-state index is 0.117. The number of hydrogen-bond donors (Lipinski definition) is 0. The van der Waals surface area contributed by atoms with E-state index in [1.54, 1.807) is 6.92 Å². The fourth-order valence-corrected chi connectivity index (χ4v) is 2.92. The normalized spacial score (nSPS) is 16.7. The van der Waals surface area contributed by atoms with Crippen LogP contribution < -0.4 is 18.9 Å². The summed E-state index contributed by atoms with van der Waals surface area (Å²) >= 11 is 0. The summed E-state index contributed by atoms with van der Waals surface area (Å²) in [6.45, 7) is 5.43. The number of carbonyl (C=O) groups is 1. The van der Waals surface area contributed by atoms with Crippen molar-refractivity contribution < 1.29 is 38.0 Å². The Morgan fingerprint density at radius 1 is 0.812 bits per heavy atom. The Kier molecular flexibility index (Phi) is 9.01. The Balaban J connectivity index is 1.79. The Morgan fingerprint density at radius 2 is 1.28 bits per heavy atom. The van der Waals surface area contributed by atoms with E-state index < -0.39 is 11.6 Å². The molecule has 2 aromatic carbocycles. The van der Waals surface area contributed by atoms with E-state index in [0.29, 0.717) is 49.4 Å². The molecule has 0 amide bonds. The summed E-state index contributed by atoms with van der Waals surface area (Å²) in [7, 11) is 0. The number of fused-ring (bicyclic) bond motifs is 2. The van der Waals surface area contributed by atoms with Gasteiger partial charge < -0.3 is 33.2 Å². The number of hydrogen-bond acceptors (Lipinski definition) is 8. The van der Waals surface area contributed by atoms with Gasteiger partial charge in [-0.3, -0.25) is 0 Å². The van der Waals surface area contributed by atoms with Crippen LogP contribution in [0.3, 0.4) is 0 Å². The zero-order valence-corrected chi connectivity index (χ0v) is 18.5. The highest BCUT2D eigenvalue weighted by Gasteiger charge is 2.30. The zero-order chi connectivity index (χ0) is 22.7. The average molecular weight is 446 g/mol. The molecule has 0 saturated heterocycles. The van der Waals surface area contributed by atoms with E-state index in [2.05, 4.69) is 0 Å². The largest absolute Gasteiger partial charge is 0.487 e. The van der Waals surface area contributed by atoms with Gasteiger partial charge in [0, 0.05) is 0 Å². The maximum atomic E-state index is 11.9. The SMILES string of the molecule is CCOC(=O)COC1(C)COc2ccccc2OCCOCCOc2ccccc2OC1. The van der Waals surface area contributed by atoms with Crippen molar-refractivity contribution in [1.29, 1.82) is 0 Å². The molecule has 3 rings (SSSR count). The quantitative estimate of drug-likeness (QED) is 0.662. The molecule has 0 atom stereocenters. The number of para-hydroxylation sites is 4. The second-order valence-electron chi connectivity index (χ2n) is 7.32. The molecule has 0 aromatic heterocycles. The fraction of sp³-hybridized carbons (Fsp3) is 0.458. The molecule has 8 nitrogen and oxygen atoms in total. The monoisotopic (exact) mass is 446 g/mol. The molecule has 0 saturated carbocycles. The van der Waals surface area contributed by atoms with Gasteiger partial charge in [0.2, 0.25) is 0 Å². The molecule has 32 heavy (non-hydrogen) atoms. The smallest absolute Gasteiger partial charge is 0.332 e. The van der Waals surface area contributed by atoms with Gasteiger partial charge in [0.15, 0.2) is 23.0 Å². The fourth-order valence-electron chi connectivity index (χ4n) is 2.92. The lowest BCUT2D eigenvalue weighted by atomic mass is 10.1. The molecular formula is C24H30O8. The Morgan fingerprint density at radius 3 is 1.75 bits per heavy atom. The van der Waals surface area contributed by atoms with E-state index >= 15 is 0 Å². The van der Waals surface area contributed by atoms with Crippen LogP contribution >= 0.6 is 0 Å². The Bertz CT molecular complexity index is 798. The van der Waals surface area contributed by atoms with Crippen LogP contribution in [-0.2, 0) is 19.0 Å². The van der Waals surface area contributed by atoms with Gasteiger partial charge in [-0.25, -0.2) is 4.79 Å². The van der Waals surface area contributed by atoms with Crippen molar-refractivity contribution in [1.82, 2.24) is 0 Å². The van der Waals surface area contributed by atoms with Crippen LogP contribution in [0.1, 0.15) is 13.8 Å². The van der Waals surface area contributed by atoms with Gasteiger partial charge in [-0.2, -0.15) is 0 Å². The van der Waals surface area contributed by atoms with Crippen LogP contribution in [0.4, 0.5) is 0 Å². The molecule has 0 aliphatic carbocycles. The number of ether oxygens (including phenoxy) is 7. The third kappa shape index (κ3) is 7.32. The van der Waals surface area contributed by atoms with Crippen LogP contribution in [-0.4, -0.2) is 64.4 Å². The van der Waals surface area contributed by atoms with Crippen molar-refractivity contribution in [2.24, 2.45) is 0 Å². The Labute approximate surface area is 188 Å². The minimum Gasteiger partial charge on any atom is -0.487 e. The lowest BCUT2D eigenvalue weighted by Gasteiger charge is -2.30. The lowest BCUT2D eigenvalue weighted by Crippen LogP contribution is -2.43. The van der Waals surface area contributed by atoms with E-state index in [1.807, 2.05) is 55.5 Å². The number of carbonyl (C=O) groups excluding carboxylic acids is 1. The van der Waals surface area contributed by atoms with Crippen molar-refractivity contribution in [2.75, 3.05) is 52.9 Å². The average Bonchev–Trinajstić information content (AvgIpc) is 2.80. The molecule has 0 N–H and O–H groups in total. The third-order valence-corrected chi connectivity index (χ3v) is 4.58. The van der Waals surface area contributed by atoms with E-state index in [1.165, 1.54) is 0 Å². The molecule has 8 heteroatoms. The standard InChI is InChI=1S/C24H30O8/c1-3-27-23(25)16-32-24(2)17-30-21-10-6-4-8-19(21)28-14-12-26-13-15-29-20-9-5-7-11-22(20)31-18-24/h4-11H,3,12-18H2,1-2H3. The summed E-state index contributed by atoms with van der Waals surface area (Å²) in [6.07, 6.45) is 0. The van der Waals surface area contributed by atoms with E-state index in [4.69, 9.17) is 33.2 Å². The number of benzene rings is 2. The van der Waals surface area contributed by atoms with Gasteiger partial charge in [-0.15, -0.1) is 0 Å². The van der Waals surface area contributed by atoms with Crippen LogP contribution in [0.2, 0.25) is 0 Å². The third-order valence-electron chi connectivity index (χ3n) is 4.58. The highest BCUT2D eigenvalue weighted by atomic mass is 16.6. The highest BCUT2D eigenvalue weighted by Crippen LogP contribution is 2.30. The molecule has 0 spiro atoms. The molecule has 1 aliphatic rings. The van der Waals surface area contributed by atoms with Crippen molar-refractivity contribution in [2.45, 2.75) is 19.4 Å². The van der Waals surface area contributed by atoms with E-state index in [-0.39, 0.29) is 26.4 Å². The van der Waals surface area contributed by atoms with E-state index in [9.17, 15) is 4.79 Å². The predicted octanol–water partition coefficient (Wildman–Crippen LogP) is 3.27. The van der Waals surface area contributed by atoms with Crippen LogP contribution in [0.25, 0.3) is 0 Å². The van der Waals surface area contributed by atoms with Crippen LogP contribution in [0, 0.1) is 0 Å². The topological polar surface area (TPSA) is 81.7 Å². The maximum absolute atomic E-state index is 11.9. The molecule has 0 fully saturated rings. The summed E-state index contributed by atoms with van der Waals surface area (Å²) in [5.41, 5.74) is -0.951. The van der Waals surface area contributed by atoms with Gasteiger partial charge in [0.1, 0.15) is 38.6 Å². The van der Waals surface area contributed by atoms with Crippen LogP contribution in [0.15, 0.2) is 48.5 Å².